The lowest BCUT2D eigenvalue weighted by atomic mass is 10.0. The molecule has 5 heteroatoms. The molecule has 1 aromatic heterocycles. The van der Waals surface area contributed by atoms with E-state index < -0.39 is 0 Å². The van der Waals surface area contributed by atoms with Crippen LogP contribution in [0.4, 0.5) is 5.69 Å². The maximum atomic E-state index is 12.2. The summed E-state index contributed by atoms with van der Waals surface area (Å²) in [6.45, 7) is 0.119. The number of carbonyl (C=O) groups excluding carboxylic acids is 2. The molecule has 1 aliphatic rings. The van der Waals surface area contributed by atoms with E-state index in [1.807, 2.05) is 29.6 Å². The number of Topliss-reactive ketones (excluding diaryl/α,β-unsaturated/α-hetero) is 1. The molecule has 0 aliphatic carbocycles. The minimum absolute atomic E-state index is 0.0101. The largest absolute Gasteiger partial charge is 0.304 e. The van der Waals surface area contributed by atoms with E-state index in [1.165, 1.54) is 11.3 Å². The molecule has 2 aromatic rings. The van der Waals surface area contributed by atoms with Crippen molar-refractivity contribution in [3.8, 4) is 0 Å². The number of hydrogen-bond donors (Lipinski definition) is 0. The number of rotatable bonds is 3. The van der Waals surface area contributed by atoms with E-state index in [2.05, 4.69) is 15.9 Å². The van der Waals surface area contributed by atoms with E-state index in [0.717, 1.165) is 22.1 Å². The highest BCUT2D eigenvalue weighted by molar-refractivity contribution is 9.10. The van der Waals surface area contributed by atoms with Gasteiger partial charge in [-0.05, 0) is 41.6 Å². The van der Waals surface area contributed by atoms with E-state index >= 15 is 0 Å². The molecule has 0 spiro atoms. The predicted molar refractivity (Wildman–Crippen MR) is 83.5 cm³/mol. The van der Waals surface area contributed by atoms with Gasteiger partial charge in [-0.25, -0.2) is 0 Å². The Morgan fingerprint density at radius 1 is 1.30 bits per heavy atom. The Kier molecular flexibility index (Phi) is 3.72. The second-order valence-electron chi connectivity index (χ2n) is 4.65. The molecule has 1 aliphatic heterocycles. The lowest BCUT2D eigenvalue weighted by Crippen LogP contribution is -2.38. The van der Waals surface area contributed by atoms with Crippen LogP contribution in [-0.4, -0.2) is 18.2 Å². The summed E-state index contributed by atoms with van der Waals surface area (Å²) in [7, 11) is 0. The number of thiophene rings is 1. The number of anilines is 1. The molecule has 0 saturated heterocycles. The molecule has 2 heterocycles. The quantitative estimate of drug-likeness (QED) is 0.792. The molecule has 0 bridgehead atoms. The van der Waals surface area contributed by atoms with Gasteiger partial charge in [0.25, 0.3) is 0 Å². The van der Waals surface area contributed by atoms with Crippen molar-refractivity contribution in [2.24, 2.45) is 0 Å². The van der Waals surface area contributed by atoms with Crippen LogP contribution in [0.2, 0.25) is 0 Å². The zero-order valence-electron chi connectivity index (χ0n) is 10.6. The number of fused-ring (bicyclic) bond motifs is 1. The van der Waals surface area contributed by atoms with Crippen LogP contribution in [0, 0.1) is 0 Å². The van der Waals surface area contributed by atoms with Crippen molar-refractivity contribution in [1.29, 1.82) is 0 Å². The summed E-state index contributed by atoms with van der Waals surface area (Å²) in [5.41, 5.74) is 1.97. The van der Waals surface area contributed by atoms with Crippen LogP contribution in [0.3, 0.4) is 0 Å². The zero-order valence-corrected chi connectivity index (χ0v) is 13.0. The third-order valence-electron chi connectivity index (χ3n) is 3.34. The lowest BCUT2D eigenvalue weighted by Gasteiger charge is -2.28. The lowest BCUT2D eigenvalue weighted by molar-refractivity contribution is -0.118. The molecule has 20 heavy (non-hydrogen) atoms. The zero-order chi connectivity index (χ0) is 14.1. The Bertz CT molecular complexity index is 667. The van der Waals surface area contributed by atoms with E-state index in [9.17, 15) is 9.59 Å². The molecule has 0 atom stereocenters. The summed E-state index contributed by atoms with van der Waals surface area (Å²) in [5.74, 6) is 0.00819. The van der Waals surface area contributed by atoms with Gasteiger partial charge in [0.2, 0.25) is 5.91 Å². The third-order valence-corrected chi connectivity index (χ3v) is 4.74. The number of ketones is 1. The third kappa shape index (κ3) is 2.55. The molecule has 0 unspecified atom stereocenters. The molecular formula is C15H12BrNO2S. The fourth-order valence-electron chi connectivity index (χ4n) is 2.36. The van der Waals surface area contributed by atoms with Gasteiger partial charge >= 0.3 is 0 Å². The second-order valence-corrected chi connectivity index (χ2v) is 6.52. The summed E-state index contributed by atoms with van der Waals surface area (Å²) in [4.78, 5) is 26.6. The topological polar surface area (TPSA) is 37.4 Å². The maximum Gasteiger partial charge on any atom is 0.227 e. The Morgan fingerprint density at radius 3 is 2.90 bits per heavy atom. The summed E-state index contributed by atoms with van der Waals surface area (Å²) in [6.07, 6.45) is 1.19. The maximum absolute atomic E-state index is 12.2. The Balaban J connectivity index is 1.90. The van der Waals surface area contributed by atoms with Gasteiger partial charge < -0.3 is 4.90 Å². The van der Waals surface area contributed by atoms with Crippen molar-refractivity contribution in [2.45, 2.75) is 12.8 Å². The minimum atomic E-state index is -0.0101. The standard InChI is InChI=1S/C15H12BrNO2S/c16-11-4-5-12-10(8-11)3-6-15(19)17(12)9-13(18)14-2-1-7-20-14/h1-2,4-5,7-8H,3,6,9H2. The molecule has 102 valence electrons. The number of carbonyl (C=O) groups is 2. The first-order valence-electron chi connectivity index (χ1n) is 6.30. The summed E-state index contributed by atoms with van der Waals surface area (Å²) >= 11 is 4.85. The highest BCUT2D eigenvalue weighted by Crippen LogP contribution is 2.30. The first kappa shape index (κ1) is 13.5. The number of halogens is 1. The summed E-state index contributed by atoms with van der Waals surface area (Å²) < 4.78 is 0.995. The number of amides is 1. The van der Waals surface area contributed by atoms with Crippen LogP contribution in [0.25, 0.3) is 0 Å². The van der Waals surface area contributed by atoms with E-state index in [1.54, 1.807) is 11.0 Å². The average molecular weight is 350 g/mol. The second kappa shape index (κ2) is 5.50. The van der Waals surface area contributed by atoms with Gasteiger partial charge in [-0.15, -0.1) is 11.3 Å². The van der Waals surface area contributed by atoms with E-state index in [-0.39, 0.29) is 18.2 Å². The monoisotopic (exact) mass is 349 g/mol. The number of nitrogens with zero attached hydrogens (tertiary/aromatic N) is 1. The van der Waals surface area contributed by atoms with Crippen LogP contribution >= 0.6 is 27.3 Å². The van der Waals surface area contributed by atoms with Gasteiger partial charge in [-0.2, -0.15) is 0 Å². The molecule has 3 rings (SSSR count). The first-order valence-corrected chi connectivity index (χ1v) is 7.98. The van der Waals surface area contributed by atoms with Gasteiger partial charge in [0, 0.05) is 16.6 Å². The smallest absolute Gasteiger partial charge is 0.227 e. The number of benzene rings is 1. The minimum Gasteiger partial charge on any atom is -0.304 e. The highest BCUT2D eigenvalue weighted by Gasteiger charge is 2.26. The number of aryl methyl sites for hydroxylation is 1. The Morgan fingerprint density at radius 2 is 2.15 bits per heavy atom. The predicted octanol–water partition coefficient (Wildman–Crippen LogP) is 3.67. The van der Waals surface area contributed by atoms with Crippen LogP contribution in [-0.2, 0) is 11.2 Å². The van der Waals surface area contributed by atoms with Gasteiger partial charge in [0.05, 0.1) is 11.4 Å². The van der Waals surface area contributed by atoms with Crippen LogP contribution in [0.5, 0.6) is 0 Å². The van der Waals surface area contributed by atoms with E-state index in [0.29, 0.717) is 11.3 Å². The molecule has 0 saturated carbocycles. The normalized spacial score (nSPS) is 14.2. The SMILES string of the molecule is O=C(CN1C(=O)CCc2cc(Br)ccc21)c1cccs1. The molecule has 0 N–H and O–H groups in total. The van der Waals surface area contributed by atoms with Crippen LogP contribution < -0.4 is 4.90 Å². The first-order chi connectivity index (χ1) is 9.65. The Labute approximate surface area is 129 Å². The van der Waals surface area contributed by atoms with Crippen molar-refractivity contribution >= 4 is 44.6 Å². The molecule has 0 radical (unpaired) electrons. The van der Waals surface area contributed by atoms with Gasteiger partial charge in [-0.1, -0.05) is 22.0 Å². The summed E-state index contributed by atoms with van der Waals surface area (Å²) in [5, 5.41) is 1.87. The van der Waals surface area contributed by atoms with Crippen LogP contribution in [0.15, 0.2) is 40.2 Å². The highest BCUT2D eigenvalue weighted by atomic mass is 79.9. The molecule has 1 amide bonds. The molecular weight excluding hydrogens is 338 g/mol. The fraction of sp³-hybridized carbons (Fsp3) is 0.200. The van der Waals surface area contributed by atoms with Gasteiger partial charge in [0.15, 0.2) is 5.78 Å². The van der Waals surface area contributed by atoms with Crippen molar-refractivity contribution in [3.63, 3.8) is 0 Å². The van der Waals surface area contributed by atoms with E-state index in [4.69, 9.17) is 0 Å². The molecule has 1 aromatic carbocycles. The average Bonchev–Trinajstić information content (AvgIpc) is 2.96. The van der Waals surface area contributed by atoms with Crippen LogP contribution in [0.1, 0.15) is 21.7 Å². The van der Waals surface area contributed by atoms with Crippen molar-refractivity contribution in [2.75, 3.05) is 11.4 Å². The number of hydrogen-bond acceptors (Lipinski definition) is 3. The van der Waals surface area contributed by atoms with Gasteiger partial charge in [0.1, 0.15) is 0 Å². The van der Waals surface area contributed by atoms with Gasteiger partial charge in [-0.3, -0.25) is 9.59 Å². The summed E-state index contributed by atoms with van der Waals surface area (Å²) in [6, 6.07) is 9.47. The molecule has 3 nitrogen and oxygen atoms in total. The van der Waals surface area contributed by atoms with Crippen molar-refractivity contribution < 1.29 is 9.59 Å². The molecule has 0 fully saturated rings. The van der Waals surface area contributed by atoms with Crippen molar-refractivity contribution in [3.05, 3.63) is 50.6 Å². The van der Waals surface area contributed by atoms with Crippen molar-refractivity contribution in [1.82, 2.24) is 0 Å². The fourth-order valence-corrected chi connectivity index (χ4v) is 3.43. The Hall–Kier alpha value is -1.46.